The molecule has 3 rings (SSSR count). The Bertz CT molecular complexity index is 727. The number of azo groups is 1. The maximum absolute atomic E-state index is 12.2. The van der Waals surface area contributed by atoms with E-state index in [1.165, 1.54) is 19.3 Å². The van der Waals surface area contributed by atoms with Crippen molar-refractivity contribution in [3.63, 3.8) is 0 Å². The summed E-state index contributed by atoms with van der Waals surface area (Å²) in [4.78, 5) is 24.4. The first-order chi connectivity index (χ1) is 13.1. The molecule has 0 saturated heterocycles. The van der Waals surface area contributed by atoms with E-state index in [2.05, 4.69) is 20.9 Å². The second kappa shape index (κ2) is 9.69. The zero-order valence-electron chi connectivity index (χ0n) is 15.6. The highest BCUT2D eigenvalue weighted by Crippen LogP contribution is 2.32. The van der Waals surface area contributed by atoms with E-state index in [1.807, 2.05) is 37.3 Å². The number of nitrogens with zero attached hydrogens (tertiary/aromatic N) is 2. The van der Waals surface area contributed by atoms with Gasteiger partial charge in [0.05, 0.1) is 6.42 Å². The summed E-state index contributed by atoms with van der Waals surface area (Å²) in [5.41, 5.74) is 2.13. The number of carbonyl (C=O) groups is 2. The highest BCUT2D eigenvalue weighted by molar-refractivity contribution is 8.14. The molecule has 2 N–H and O–H groups in total. The Morgan fingerprint density at radius 3 is 2.70 bits per heavy atom. The Kier molecular flexibility index (Phi) is 7.04. The van der Waals surface area contributed by atoms with Crippen LogP contribution in [0.25, 0.3) is 0 Å². The molecule has 1 aromatic carbocycles. The lowest BCUT2D eigenvalue weighted by Gasteiger charge is -2.23. The number of carbonyl (C=O) groups excluding carboxylic acids is 2. The lowest BCUT2D eigenvalue weighted by Crippen LogP contribution is -2.26. The van der Waals surface area contributed by atoms with Crippen LogP contribution < -0.4 is 10.6 Å². The number of allylic oxidation sites excluding steroid dienone is 1. The van der Waals surface area contributed by atoms with Gasteiger partial charge in [0.25, 0.3) is 5.24 Å². The predicted molar refractivity (Wildman–Crippen MR) is 107 cm³/mol. The minimum Gasteiger partial charge on any atom is -0.352 e. The molecule has 1 aliphatic heterocycles. The summed E-state index contributed by atoms with van der Waals surface area (Å²) in [7, 11) is 0. The van der Waals surface area contributed by atoms with Gasteiger partial charge in [0.1, 0.15) is 5.37 Å². The van der Waals surface area contributed by atoms with Gasteiger partial charge in [0.2, 0.25) is 5.91 Å². The largest absolute Gasteiger partial charge is 0.352 e. The van der Waals surface area contributed by atoms with Crippen LogP contribution in [0.15, 0.2) is 52.0 Å². The number of nitrogens with one attached hydrogen (secondary N) is 2. The van der Waals surface area contributed by atoms with Gasteiger partial charge < -0.3 is 5.32 Å². The van der Waals surface area contributed by atoms with Gasteiger partial charge in [-0.05, 0) is 48.6 Å². The van der Waals surface area contributed by atoms with Crippen molar-refractivity contribution in [2.45, 2.75) is 57.4 Å². The number of benzene rings is 1. The van der Waals surface area contributed by atoms with E-state index in [4.69, 9.17) is 0 Å². The summed E-state index contributed by atoms with van der Waals surface area (Å²) in [5.74, 6) is 0.884. The number of amides is 2. The average molecular weight is 387 g/mol. The van der Waals surface area contributed by atoms with Crippen molar-refractivity contribution in [3.8, 4) is 0 Å². The van der Waals surface area contributed by atoms with Crippen LogP contribution in [0.3, 0.4) is 0 Å². The maximum atomic E-state index is 12.2. The van der Waals surface area contributed by atoms with Gasteiger partial charge in [-0.15, -0.1) is 5.11 Å². The van der Waals surface area contributed by atoms with Gasteiger partial charge in [-0.25, -0.2) is 0 Å². The van der Waals surface area contributed by atoms with E-state index in [9.17, 15) is 9.59 Å². The SMILES string of the molecule is CC(=C1N=NC(CC(=O)NCc2ccccc2)SC(=O)N1)C1CCCCC1. The molecule has 0 radical (unpaired) electrons. The van der Waals surface area contributed by atoms with Crippen LogP contribution in [-0.2, 0) is 11.3 Å². The molecular formula is C20H26N4O2S. The molecule has 0 bridgehead atoms. The van der Waals surface area contributed by atoms with Crippen molar-refractivity contribution in [3.05, 3.63) is 47.3 Å². The van der Waals surface area contributed by atoms with E-state index in [0.29, 0.717) is 18.3 Å². The summed E-state index contributed by atoms with van der Waals surface area (Å²) >= 11 is 1.02. The van der Waals surface area contributed by atoms with E-state index >= 15 is 0 Å². The van der Waals surface area contributed by atoms with Crippen LogP contribution in [0.5, 0.6) is 0 Å². The monoisotopic (exact) mass is 386 g/mol. The van der Waals surface area contributed by atoms with Crippen LogP contribution in [0.2, 0.25) is 0 Å². The molecule has 1 unspecified atom stereocenters. The van der Waals surface area contributed by atoms with Crippen LogP contribution in [-0.4, -0.2) is 16.5 Å². The van der Waals surface area contributed by atoms with Crippen LogP contribution in [0, 0.1) is 5.92 Å². The van der Waals surface area contributed by atoms with Gasteiger partial charge in [-0.1, -0.05) is 49.6 Å². The molecule has 1 aliphatic carbocycles. The summed E-state index contributed by atoms with van der Waals surface area (Å²) in [6.45, 7) is 2.49. The Balaban J connectivity index is 1.58. The molecule has 27 heavy (non-hydrogen) atoms. The fraction of sp³-hybridized carbons (Fsp3) is 0.500. The van der Waals surface area contributed by atoms with Gasteiger partial charge >= 0.3 is 0 Å². The van der Waals surface area contributed by atoms with Gasteiger partial charge in [-0.3, -0.25) is 14.9 Å². The highest BCUT2D eigenvalue weighted by Gasteiger charge is 2.25. The number of hydrogen-bond acceptors (Lipinski definition) is 5. The highest BCUT2D eigenvalue weighted by atomic mass is 32.2. The van der Waals surface area contributed by atoms with E-state index in [1.54, 1.807) is 0 Å². The lowest BCUT2D eigenvalue weighted by atomic mass is 9.84. The zero-order chi connectivity index (χ0) is 19.1. The van der Waals surface area contributed by atoms with Gasteiger partial charge in [-0.2, -0.15) is 5.11 Å². The molecule has 1 fully saturated rings. The molecule has 0 spiro atoms. The van der Waals surface area contributed by atoms with E-state index in [0.717, 1.165) is 35.7 Å². The molecule has 2 aliphatic rings. The molecule has 1 aromatic rings. The Morgan fingerprint density at radius 2 is 1.96 bits per heavy atom. The molecule has 0 aromatic heterocycles. The van der Waals surface area contributed by atoms with Crippen molar-refractivity contribution in [2.75, 3.05) is 0 Å². The molecule has 144 valence electrons. The van der Waals surface area contributed by atoms with Crippen molar-refractivity contribution in [2.24, 2.45) is 16.1 Å². The Morgan fingerprint density at radius 1 is 1.22 bits per heavy atom. The minimum absolute atomic E-state index is 0.129. The number of rotatable bonds is 5. The topological polar surface area (TPSA) is 82.9 Å². The number of hydrogen-bond donors (Lipinski definition) is 2. The zero-order valence-corrected chi connectivity index (χ0v) is 16.4. The minimum atomic E-state index is -0.502. The molecule has 7 heteroatoms. The summed E-state index contributed by atoms with van der Waals surface area (Å²) in [6.07, 6.45) is 6.13. The first-order valence-corrected chi connectivity index (χ1v) is 10.4. The Labute approximate surface area is 164 Å². The molecule has 1 heterocycles. The van der Waals surface area contributed by atoms with Crippen LogP contribution >= 0.6 is 11.8 Å². The van der Waals surface area contributed by atoms with E-state index < -0.39 is 5.37 Å². The normalized spacial score (nSPS) is 22.7. The van der Waals surface area contributed by atoms with Crippen molar-refractivity contribution in [1.82, 2.24) is 10.6 Å². The average Bonchev–Trinajstić information content (AvgIpc) is 2.88. The molecular weight excluding hydrogens is 360 g/mol. The summed E-state index contributed by atoms with van der Waals surface area (Å²) in [6, 6.07) is 9.72. The summed E-state index contributed by atoms with van der Waals surface area (Å²) < 4.78 is 0. The first-order valence-electron chi connectivity index (χ1n) is 9.51. The quantitative estimate of drug-likeness (QED) is 0.767. The van der Waals surface area contributed by atoms with Crippen molar-refractivity contribution in [1.29, 1.82) is 0 Å². The standard InChI is InChI=1S/C20H26N4O2S/c1-14(16-10-6-3-7-11-16)19-22-20(26)27-18(23-24-19)12-17(25)21-13-15-8-4-2-5-9-15/h2,4-5,8-9,16,18H,3,6-7,10-13H2,1H3,(H,21,25)(H,22,26). The van der Waals surface area contributed by atoms with Gasteiger partial charge in [0, 0.05) is 6.54 Å². The van der Waals surface area contributed by atoms with Crippen molar-refractivity contribution < 1.29 is 9.59 Å². The Hall–Kier alpha value is -2.15. The second-order valence-corrected chi connectivity index (χ2v) is 8.18. The molecule has 2 amide bonds. The lowest BCUT2D eigenvalue weighted by molar-refractivity contribution is -0.121. The molecule has 6 nitrogen and oxygen atoms in total. The van der Waals surface area contributed by atoms with Crippen LogP contribution in [0.1, 0.15) is 51.0 Å². The molecule has 1 atom stereocenters. The predicted octanol–water partition coefficient (Wildman–Crippen LogP) is 4.74. The summed E-state index contributed by atoms with van der Waals surface area (Å²) in [5, 5.41) is 13.5. The first kappa shape index (κ1) is 19.6. The van der Waals surface area contributed by atoms with Gasteiger partial charge in [0.15, 0.2) is 5.82 Å². The number of thioether (sulfide) groups is 1. The smallest absolute Gasteiger partial charge is 0.286 e. The molecule has 1 saturated carbocycles. The van der Waals surface area contributed by atoms with E-state index in [-0.39, 0.29) is 17.6 Å². The third kappa shape index (κ3) is 5.92. The maximum Gasteiger partial charge on any atom is 0.286 e. The van der Waals surface area contributed by atoms with Crippen molar-refractivity contribution >= 4 is 22.9 Å². The van der Waals surface area contributed by atoms with Crippen LogP contribution in [0.4, 0.5) is 4.79 Å². The second-order valence-electron chi connectivity index (χ2n) is 7.03. The fourth-order valence-corrected chi connectivity index (χ4v) is 4.17. The third-order valence-corrected chi connectivity index (χ3v) is 5.88. The third-order valence-electron chi connectivity index (χ3n) is 5.03. The fourth-order valence-electron chi connectivity index (χ4n) is 3.44.